The number of nitrogens with zero attached hydrogens (tertiary/aromatic N) is 2. The second-order valence-electron chi connectivity index (χ2n) is 5.25. The lowest BCUT2D eigenvalue weighted by Gasteiger charge is -2.27. The van der Waals surface area contributed by atoms with Gasteiger partial charge >= 0.3 is 18.1 Å². The number of carbonyl (C=O) groups is 3. The summed E-state index contributed by atoms with van der Waals surface area (Å²) in [5.41, 5.74) is 0. The number of methoxy groups -OCH3 is 1. The molecule has 2 aliphatic rings. The van der Waals surface area contributed by atoms with E-state index in [1.54, 1.807) is 0 Å². The summed E-state index contributed by atoms with van der Waals surface area (Å²) in [5, 5.41) is 21.3. The maximum Gasteiger partial charge on any atom is 0.407 e. The molecule has 21 heavy (non-hydrogen) atoms. The number of rotatable bonds is 2. The Balaban J connectivity index is 1.95. The molecule has 9 nitrogen and oxygen atoms in total. The van der Waals surface area contributed by atoms with Gasteiger partial charge in [0.05, 0.1) is 19.3 Å². The fourth-order valence-corrected chi connectivity index (χ4v) is 2.72. The first kappa shape index (κ1) is 15.4. The summed E-state index contributed by atoms with van der Waals surface area (Å²) in [5.74, 6) is -1.12. The van der Waals surface area contributed by atoms with Gasteiger partial charge in [0.25, 0.3) is 0 Å². The molecule has 2 saturated heterocycles. The molecule has 2 fully saturated rings. The first-order valence-electron chi connectivity index (χ1n) is 6.73. The Morgan fingerprint density at radius 2 is 2.00 bits per heavy atom. The van der Waals surface area contributed by atoms with E-state index in [0.717, 1.165) is 0 Å². The number of carbonyl (C=O) groups excluding carboxylic acids is 2. The molecule has 9 heteroatoms. The van der Waals surface area contributed by atoms with Crippen molar-refractivity contribution in [2.24, 2.45) is 0 Å². The van der Waals surface area contributed by atoms with Gasteiger partial charge in [0.1, 0.15) is 6.04 Å². The summed E-state index contributed by atoms with van der Waals surface area (Å²) >= 11 is 0. The largest absolute Gasteiger partial charge is 0.480 e. The average molecular weight is 301 g/mol. The van der Waals surface area contributed by atoms with Gasteiger partial charge in [0.2, 0.25) is 0 Å². The number of carboxylic acid groups (broad SMARTS) is 1. The molecule has 2 rings (SSSR count). The molecule has 0 saturated carbocycles. The number of aliphatic carboxylic acids is 1. The number of nitrogens with one attached hydrogen (secondary N) is 1. The molecule has 118 valence electrons. The van der Waals surface area contributed by atoms with E-state index in [2.05, 4.69) is 10.1 Å². The first-order valence-corrected chi connectivity index (χ1v) is 6.73. The second-order valence-corrected chi connectivity index (χ2v) is 5.25. The highest BCUT2D eigenvalue weighted by Gasteiger charge is 2.42. The van der Waals surface area contributed by atoms with Crippen molar-refractivity contribution < 1.29 is 29.3 Å². The van der Waals surface area contributed by atoms with Crippen LogP contribution in [0.2, 0.25) is 0 Å². The van der Waals surface area contributed by atoms with Crippen LogP contribution in [-0.4, -0.2) is 83.0 Å². The Bertz CT molecular complexity index is 443. The standard InChI is InChI=1S/C12H19N3O6/c1-21-11(19)13-7-2-3-14(5-7)12(20)15-6-8(16)4-9(15)10(17)18/h7-9,16H,2-6H2,1H3,(H,13,19)(H,17,18)/t7?,8-,9-/m0/s1. The zero-order valence-electron chi connectivity index (χ0n) is 11.7. The van der Waals surface area contributed by atoms with Gasteiger partial charge in [-0.1, -0.05) is 0 Å². The molecule has 2 aliphatic heterocycles. The van der Waals surface area contributed by atoms with Gasteiger partial charge in [-0.25, -0.2) is 14.4 Å². The molecule has 2 heterocycles. The third-order valence-electron chi connectivity index (χ3n) is 3.78. The van der Waals surface area contributed by atoms with Gasteiger partial charge in [-0.2, -0.15) is 0 Å². The summed E-state index contributed by atoms with van der Waals surface area (Å²) in [6.45, 7) is 0.737. The van der Waals surface area contributed by atoms with Crippen LogP contribution in [0.1, 0.15) is 12.8 Å². The number of hydrogen-bond donors (Lipinski definition) is 3. The smallest absolute Gasteiger partial charge is 0.407 e. The molecule has 0 aromatic heterocycles. The number of hydrogen-bond acceptors (Lipinski definition) is 5. The normalized spacial score (nSPS) is 28.6. The average Bonchev–Trinajstić information content (AvgIpc) is 3.04. The van der Waals surface area contributed by atoms with E-state index in [9.17, 15) is 19.5 Å². The highest BCUT2D eigenvalue weighted by molar-refractivity contribution is 5.83. The van der Waals surface area contributed by atoms with Crippen LogP contribution in [0.25, 0.3) is 0 Å². The lowest BCUT2D eigenvalue weighted by atomic mass is 10.2. The Morgan fingerprint density at radius 3 is 2.62 bits per heavy atom. The fourth-order valence-electron chi connectivity index (χ4n) is 2.72. The Hall–Kier alpha value is -2.03. The van der Waals surface area contributed by atoms with Crippen LogP contribution in [0.4, 0.5) is 9.59 Å². The van der Waals surface area contributed by atoms with Crippen molar-refractivity contribution >= 4 is 18.1 Å². The number of ether oxygens (including phenoxy) is 1. The third-order valence-corrected chi connectivity index (χ3v) is 3.78. The van der Waals surface area contributed by atoms with Gasteiger partial charge < -0.3 is 30.1 Å². The predicted molar refractivity (Wildman–Crippen MR) is 69.7 cm³/mol. The van der Waals surface area contributed by atoms with E-state index >= 15 is 0 Å². The van der Waals surface area contributed by atoms with E-state index in [1.165, 1.54) is 16.9 Å². The molecule has 0 aliphatic carbocycles. The van der Waals surface area contributed by atoms with E-state index in [1.807, 2.05) is 0 Å². The molecular formula is C12H19N3O6. The predicted octanol–water partition coefficient (Wildman–Crippen LogP) is -0.943. The molecule has 3 atom stereocenters. The second kappa shape index (κ2) is 6.17. The minimum absolute atomic E-state index is 0.0153. The molecule has 3 amide bonds. The molecule has 0 radical (unpaired) electrons. The summed E-state index contributed by atoms with van der Waals surface area (Å²) < 4.78 is 4.50. The minimum atomic E-state index is -1.12. The minimum Gasteiger partial charge on any atom is -0.480 e. The summed E-state index contributed by atoms with van der Waals surface area (Å²) in [4.78, 5) is 37.3. The van der Waals surface area contributed by atoms with Crippen LogP contribution in [0.5, 0.6) is 0 Å². The number of β-amino-alcohol motifs (C(OH)–C–C–N with tert-alkyl or cyclic N) is 1. The molecule has 1 unspecified atom stereocenters. The van der Waals surface area contributed by atoms with Gasteiger partial charge in [0.15, 0.2) is 0 Å². The number of aliphatic hydroxyl groups is 1. The van der Waals surface area contributed by atoms with Crippen LogP contribution < -0.4 is 5.32 Å². The van der Waals surface area contributed by atoms with Crippen molar-refractivity contribution in [3.8, 4) is 0 Å². The highest BCUT2D eigenvalue weighted by Crippen LogP contribution is 2.22. The van der Waals surface area contributed by atoms with Gasteiger partial charge in [-0.05, 0) is 6.42 Å². The highest BCUT2D eigenvalue weighted by atomic mass is 16.5. The van der Waals surface area contributed by atoms with Crippen molar-refractivity contribution in [1.29, 1.82) is 0 Å². The zero-order chi connectivity index (χ0) is 15.6. The van der Waals surface area contributed by atoms with Crippen molar-refractivity contribution in [1.82, 2.24) is 15.1 Å². The van der Waals surface area contributed by atoms with E-state index in [4.69, 9.17) is 5.11 Å². The number of aliphatic hydroxyl groups excluding tert-OH is 1. The van der Waals surface area contributed by atoms with Crippen LogP contribution in [0.15, 0.2) is 0 Å². The number of alkyl carbamates (subject to hydrolysis) is 1. The van der Waals surface area contributed by atoms with Gasteiger partial charge in [0, 0.05) is 26.1 Å². The summed E-state index contributed by atoms with van der Waals surface area (Å²) in [7, 11) is 1.26. The Morgan fingerprint density at radius 1 is 1.29 bits per heavy atom. The third kappa shape index (κ3) is 3.35. The molecular weight excluding hydrogens is 282 g/mol. The molecule has 0 aromatic rings. The monoisotopic (exact) mass is 301 g/mol. The quantitative estimate of drug-likeness (QED) is 0.605. The SMILES string of the molecule is COC(=O)NC1CCN(C(=O)N2C[C@@H](O)C[C@H]2C(=O)O)C1. The lowest BCUT2D eigenvalue weighted by Crippen LogP contribution is -2.48. The molecule has 0 spiro atoms. The van der Waals surface area contributed by atoms with E-state index in [-0.39, 0.29) is 19.0 Å². The van der Waals surface area contributed by atoms with Crippen LogP contribution >= 0.6 is 0 Å². The Kier molecular flexibility index (Phi) is 4.51. The topological polar surface area (TPSA) is 119 Å². The maximum absolute atomic E-state index is 12.3. The molecule has 0 aromatic carbocycles. The van der Waals surface area contributed by atoms with Crippen molar-refractivity contribution in [3.05, 3.63) is 0 Å². The van der Waals surface area contributed by atoms with E-state index in [0.29, 0.717) is 19.5 Å². The number of likely N-dealkylation sites (tertiary alicyclic amines) is 2. The molecule has 3 N–H and O–H groups in total. The zero-order valence-corrected chi connectivity index (χ0v) is 11.7. The molecule has 0 bridgehead atoms. The van der Waals surface area contributed by atoms with Crippen LogP contribution in [0, 0.1) is 0 Å². The van der Waals surface area contributed by atoms with Crippen molar-refractivity contribution in [2.45, 2.75) is 31.0 Å². The summed E-state index contributed by atoms with van der Waals surface area (Å²) in [6, 6.07) is -1.63. The number of urea groups is 1. The summed E-state index contributed by atoms with van der Waals surface area (Å²) in [6.07, 6.45) is -0.760. The van der Waals surface area contributed by atoms with E-state index < -0.39 is 30.2 Å². The fraction of sp³-hybridized carbons (Fsp3) is 0.750. The number of carboxylic acids is 1. The van der Waals surface area contributed by atoms with Gasteiger partial charge in [-0.3, -0.25) is 0 Å². The van der Waals surface area contributed by atoms with Crippen molar-refractivity contribution in [2.75, 3.05) is 26.7 Å². The van der Waals surface area contributed by atoms with Crippen LogP contribution in [0.3, 0.4) is 0 Å². The lowest BCUT2D eigenvalue weighted by molar-refractivity contribution is -0.141. The van der Waals surface area contributed by atoms with Crippen molar-refractivity contribution in [3.63, 3.8) is 0 Å². The Labute approximate surface area is 121 Å². The first-order chi connectivity index (χ1) is 9.92. The maximum atomic E-state index is 12.3. The van der Waals surface area contributed by atoms with Gasteiger partial charge in [-0.15, -0.1) is 0 Å². The number of amides is 3. The van der Waals surface area contributed by atoms with Crippen LogP contribution in [-0.2, 0) is 9.53 Å².